The van der Waals surface area contributed by atoms with Crippen LogP contribution in [0.5, 0.6) is 0 Å². The smallest absolute Gasteiger partial charge is 0.407 e. The maximum absolute atomic E-state index is 11.4. The van der Waals surface area contributed by atoms with Crippen molar-refractivity contribution in [3.63, 3.8) is 0 Å². The second kappa shape index (κ2) is 7.24. The number of hydrogen-bond acceptors (Lipinski definition) is 3. The number of nitrogens with one attached hydrogen (secondary N) is 1. The number of alkyl carbamates (subject to hydrolysis) is 1. The van der Waals surface area contributed by atoms with E-state index in [0.717, 1.165) is 0 Å². The molecule has 1 N–H and O–H groups in total. The van der Waals surface area contributed by atoms with Crippen molar-refractivity contribution < 1.29 is 14.3 Å². The number of amides is 2. The molecule has 0 saturated heterocycles. The maximum Gasteiger partial charge on any atom is 0.407 e. The van der Waals surface area contributed by atoms with Crippen molar-refractivity contribution in [2.75, 3.05) is 19.6 Å². The van der Waals surface area contributed by atoms with E-state index in [0.29, 0.717) is 25.6 Å². The van der Waals surface area contributed by atoms with Gasteiger partial charge in [-0.25, -0.2) is 4.79 Å². The molecule has 0 aromatic heterocycles. The first-order valence-electron chi connectivity index (χ1n) is 6.34. The molecule has 0 radical (unpaired) electrons. The van der Waals surface area contributed by atoms with Gasteiger partial charge in [-0.15, -0.1) is 0 Å². The molecule has 0 rings (SSSR count). The highest BCUT2D eigenvalue weighted by molar-refractivity contribution is 5.73. The Balaban J connectivity index is 4.00. The molecule has 0 aromatic rings. The molecule has 0 atom stereocenters. The van der Waals surface area contributed by atoms with Crippen molar-refractivity contribution in [1.29, 1.82) is 0 Å². The molecule has 0 fully saturated rings. The fourth-order valence-electron chi connectivity index (χ4n) is 1.43. The Labute approximate surface area is 110 Å². The zero-order valence-corrected chi connectivity index (χ0v) is 12.4. The van der Waals surface area contributed by atoms with Crippen molar-refractivity contribution in [3.8, 4) is 0 Å². The molecule has 18 heavy (non-hydrogen) atoms. The van der Waals surface area contributed by atoms with Crippen LogP contribution in [-0.2, 0) is 9.53 Å². The van der Waals surface area contributed by atoms with Crippen molar-refractivity contribution in [3.05, 3.63) is 0 Å². The molecule has 0 aromatic carbocycles. The number of carbonyl (C=O) groups excluding carboxylic acids is 2. The number of carbonyl (C=O) groups is 2. The van der Waals surface area contributed by atoms with E-state index >= 15 is 0 Å². The summed E-state index contributed by atoms with van der Waals surface area (Å²) >= 11 is 0. The zero-order valence-electron chi connectivity index (χ0n) is 12.4. The SMILES string of the molecule is CC(=O)N(CCNC(=O)OC(C)(C)C)CC(C)C. The van der Waals surface area contributed by atoms with E-state index in [1.165, 1.54) is 6.92 Å². The number of hydrogen-bond donors (Lipinski definition) is 1. The van der Waals surface area contributed by atoms with Gasteiger partial charge in [0.15, 0.2) is 0 Å². The van der Waals surface area contributed by atoms with Crippen molar-refractivity contribution in [2.24, 2.45) is 5.92 Å². The van der Waals surface area contributed by atoms with E-state index in [1.807, 2.05) is 20.8 Å². The fourth-order valence-corrected chi connectivity index (χ4v) is 1.43. The van der Waals surface area contributed by atoms with Gasteiger partial charge in [-0.05, 0) is 26.7 Å². The lowest BCUT2D eigenvalue weighted by atomic mass is 10.2. The van der Waals surface area contributed by atoms with Crippen molar-refractivity contribution in [1.82, 2.24) is 10.2 Å². The van der Waals surface area contributed by atoms with Crippen LogP contribution in [0.15, 0.2) is 0 Å². The van der Waals surface area contributed by atoms with Crippen LogP contribution in [0.3, 0.4) is 0 Å². The third-order valence-electron chi connectivity index (χ3n) is 2.08. The Kier molecular flexibility index (Phi) is 6.73. The molecule has 5 nitrogen and oxygen atoms in total. The molecule has 0 aliphatic heterocycles. The van der Waals surface area contributed by atoms with Crippen LogP contribution in [-0.4, -0.2) is 42.1 Å². The second-order valence-electron chi connectivity index (χ2n) is 5.79. The normalized spacial score (nSPS) is 11.3. The van der Waals surface area contributed by atoms with E-state index in [9.17, 15) is 9.59 Å². The summed E-state index contributed by atoms with van der Waals surface area (Å²) in [4.78, 5) is 24.5. The van der Waals surface area contributed by atoms with Gasteiger partial charge < -0.3 is 15.0 Å². The lowest BCUT2D eigenvalue weighted by molar-refractivity contribution is -0.129. The van der Waals surface area contributed by atoms with E-state index in [1.54, 1.807) is 4.90 Å². The van der Waals surface area contributed by atoms with Gasteiger partial charge in [-0.2, -0.15) is 0 Å². The molecular formula is C13H26N2O3. The van der Waals surface area contributed by atoms with Gasteiger partial charge in [0, 0.05) is 26.6 Å². The van der Waals surface area contributed by atoms with E-state index in [2.05, 4.69) is 19.2 Å². The lowest BCUT2D eigenvalue weighted by Crippen LogP contribution is -2.40. The van der Waals surface area contributed by atoms with Gasteiger partial charge >= 0.3 is 6.09 Å². The van der Waals surface area contributed by atoms with Crippen molar-refractivity contribution in [2.45, 2.75) is 47.1 Å². The molecule has 0 bridgehead atoms. The van der Waals surface area contributed by atoms with Gasteiger partial charge in [0.1, 0.15) is 5.60 Å². The van der Waals surface area contributed by atoms with Gasteiger partial charge in [0.2, 0.25) is 5.91 Å². The largest absolute Gasteiger partial charge is 0.444 e. The summed E-state index contributed by atoms with van der Waals surface area (Å²) in [6.45, 7) is 12.7. The van der Waals surface area contributed by atoms with Crippen LogP contribution in [0.4, 0.5) is 4.79 Å². The standard InChI is InChI=1S/C13H26N2O3/c1-10(2)9-15(11(3)16)8-7-14-12(17)18-13(4,5)6/h10H,7-9H2,1-6H3,(H,14,17). The molecule has 2 amide bonds. The molecule has 0 heterocycles. The van der Waals surface area contributed by atoms with Crippen LogP contribution in [0.2, 0.25) is 0 Å². The van der Waals surface area contributed by atoms with Crippen molar-refractivity contribution >= 4 is 12.0 Å². The van der Waals surface area contributed by atoms with Crippen LogP contribution >= 0.6 is 0 Å². The molecule has 0 spiro atoms. The monoisotopic (exact) mass is 258 g/mol. The first-order chi connectivity index (χ1) is 8.11. The second-order valence-corrected chi connectivity index (χ2v) is 5.79. The minimum absolute atomic E-state index is 0.0229. The summed E-state index contributed by atoms with van der Waals surface area (Å²) in [5.41, 5.74) is -0.498. The van der Waals surface area contributed by atoms with Crippen LogP contribution in [0.1, 0.15) is 41.5 Å². The Bertz CT molecular complexity index is 282. The van der Waals surface area contributed by atoms with Gasteiger partial charge in [0.05, 0.1) is 0 Å². The predicted octanol–water partition coefficient (Wildman–Crippen LogP) is 2.02. The number of ether oxygens (including phenoxy) is 1. The average molecular weight is 258 g/mol. The Morgan fingerprint density at radius 1 is 1.28 bits per heavy atom. The molecule has 0 aliphatic carbocycles. The van der Waals surface area contributed by atoms with E-state index in [-0.39, 0.29) is 5.91 Å². The lowest BCUT2D eigenvalue weighted by Gasteiger charge is -2.24. The minimum atomic E-state index is -0.498. The number of rotatable bonds is 5. The predicted molar refractivity (Wildman–Crippen MR) is 71.3 cm³/mol. The van der Waals surface area contributed by atoms with Gasteiger partial charge in [-0.1, -0.05) is 13.8 Å². The van der Waals surface area contributed by atoms with Crippen LogP contribution in [0, 0.1) is 5.92 Å². The topological polar surface area (TPSA) is 58.6 Å². The fraction of sp³-hybridized carbons (Fsp3) is 0.846. The summed E-state index contributed by atoms with van der Waals surface area (Å²) in [7, 11) is 0. The van der Waals surface area contributed by atoms with Crippen LogP contribution in [0.25, 0.3) is 0 Å². The Morgan fingerprint density at radius 2 is 1.83 bits per heavy atom. The average Bonchev–Trinajstić information content (AvgIpc) is 2.12. The summed E-state index contributed by atoms with van der Waals surface area (Å²) in [5.74, 6) is 0.435. The third kappa shape index (κ3) is 8.84. The summed E-state index contributed by atoms with van der Waals surface area (Å²) < 4.78 is 5.11. The number of nitrogens with zero attached hydrogens (tertiary/aromatic N) is 1. The van der Waals surface area contributed by atoms with Gasteiger partial charge in [-0.3, -0.25) is 4.79 Å². The third-order valence-corrected chi connectivity index (χ3v) is 2.08. The highest BCUT2D eigenvalue weighted by Gasteiger charge is 2.16. The summed E-state index contributed by atoms with van der Waals surface area (Å²) in [5, 5.41) is 2.64. The Morgan fingerprint density at radius 3 is 2.22 bits per heavy atom. The quantitative estimate of drug-likeness (QED) is 0.820. The molecule has 0 unspecified atom stereocenters. The minimum Gasteiger partial charge on any atom is -0.444 e. The first-order valence-corrected chi connectivity index (χ1v) is 6.34. The molecule has 0 aliphatic rings. The summed E-state index contributed by atoms with van der Waals surface area (Å²) in [6, 6.07) is 0. The molecule has 106 valence electrons. The molecular weight excluding hydrogens is 232 g/mol. The molecule has 0 saturated carbocycles. The highest BCUT2D eigenvalue weighted by Crippen LogP contribution is 2.06. The van der Waals surface area contributed by atoms with Crippen LogP contribution < -0.4 is 5.32 Å². The molecule has 5 heteroatoms. The zero-order chi connectivity index (χ0) is 14.3. The van der Waals surface area contributed by atoms with Gasteiger partial charge in [0.25, 0.3) is 0 Å². The van der Waals surface area contributed by atoms with E-state index in [4.69, 9.17) is 4.74 Å². The van der Waals surface area contributed by atoms with E-state index < -0.39 is 11.7 Å². The Hall–Kier alpha value is -1.26. The first kappa shape index (κ1) is 16.7. The summed E-state index contributed by atoms with van der Waals surface area (Å²) in [6.07, 6.45) is -0.449. The maximum atomic E-state index is 11.4. The highest BCUT2D eigenvalue weighted by atomic mass is 16.6.